The summed E-state index contributed by atoms with van der Waals surface area (Å²) in [7, 11) is 0. The second-order valence-corrected chi connectivity index (χ2v) is 7.84. The Labute approximate surface area is 163 Å². The van der Waals surface area contributed by atoms with Crippen LogP contribution in [0.4, 0.5) is 0 Å². The largest absolute Gasteiger partial charge is 0.461 e. The molecular formula is C24H44O2. The average Bonchev–Trinajstić information content (AvgIpc) is 2.59. The molecule has 0 heterocycles. The van der Waals surface area contributed by atoms with Crippen LogP contribution in [0, 0.1) is 0 Å². The smallest absolute Gasteiger partial charge is 0.306 e. The molecule has 2 nitrogen and oxygen atoms in total. The molecule has 26 heavy (non-hydrogen) atoms. The zero-order valence-corrected chi connectivity index (χ0v) is 18.1. The van der Waals surface area contributed by atoms with Crippen LogP contribution in [0.3, 0.4) is 0 Å². The van der Waals surface area contributed by atoms with Crippen molar-refractivity contribution >= 4 is 5.97 Å². The van der Waals surface area contributed by atoms with Crippen LogP contribution in [0.15, 0.2) is 23.3 Å². The van der Waals surface area contributed by atoms with Crippen molar-refractivity contribution in [3.05, 3.63) is 23.3 Å². The summed E-state index contributed by atoms with van der Waals surface area (Å²) in [6, 6.07) is 0. The van der Waals surface area contributed by atoms with Crippen molar-refractivity contribution in [2.45, 2.75) is 118 Å². The van der Waals surface area contributed by atoms with E-state index in [-0.39, 0.29) is 5.97 Å². The lowest BCUT2D eigenvalue weighted by atomic mass is 10.1. The quantitative estimate of drug-likeness (QED) is 0.149. The first-order valence-corrected chi connectivity index (χ1v) is 11.0. The standard InChI is InChI=1S/C24H44O2/c1-5-6-7-8-9-10-11-12-13-14-15-19-24(25)26-21-20-23(4)18-16-17-22(2)3/h17,20H,5-16,18-19,21H2,1-4H3/b23-20-. The molecule has 0 saturated heterocycles. The van der Waals surface area contributed by atoms with E-state index in [0.717, 1.165) is 25.7 Å². The van der Waals surface area contributed by atoms with Gasteiger partial charge < -0.3 is 4.74 Å². The maximum Gasteiger partial charge on any atom is 0.306 e. The molecule has 152 valence electrons. The van der Waals surface area contributed by atoms with Crippen LogP contribution in [-0.2, 0) is 9.53 Å². The minimum Gasteiger partial charge on any atom is -0.461 e. The zero-order chi connectivity index (χ0) is 19.5. The number of rotatable bonds is 17. The second kappa shape index (κ2) is 18.7. The zero-order valence-electron chi connectivity index (χ0n) is 18.1. The van der Waals surface area contributed by atoms with E-state index < -0.39 is 0 Å². The molecule has 0 aliphatic heterocycles. The van der Waals surface area contributed by atoms with Gasteiger partial charge in [-0.1, -0.05) is 88.4 Å². The molecule has 0 aliphatic carbocycles. The summed E-state index contributed by atoms with van der Waals surface area (Å²) in [5.74, 6) is -0.0470. The minimum absolute atomic E-state index is 0.0470. The van der Waals surface area contributed by atoms with E-state index in [0.29, 0.717) is 13.0 Å². The number of allylic oxidation sites excluding steroid dienone is 3. The van der Waals surface area contributed by atoms with Gasteiger partial charge in [-0.2, -0.15) is 0 Å². The van der Waals surface area contributed by atoms with Crippen LogP contribution < -0.4 is 0 Å². The number of carbonyl (C=O) groups is 1. The molecule has 0 fully saturated rings. The summed E-state index contributed by atoms with van der Waals surface area (Å²) in [5.41, 5.74) is 2.65. The molecule has 0 aliphatic rings. The Morgan fingerprint density at radius 2 is 1.27 bits per heavy atom. The third-order valence-corrected chi connectivity index (χ3v) is 4.75. The molecule has 0 amide bonds. The monoisotopic (exact) mass is 364 g/mol. The van der Waals surface area contributed by atoms with Crippen molar-refractivity contribution in [1.29, 1.82) is 0 Å². The Hall–Kier alpha value is -1.05. The predicted molar refractivity (Wildman–Crippen MR) is 114 cm³/mol. The second-order valence-electron chi connectivity index (χ2n) is 7.84. The molecule has 0 unspecified atom stereocenters. The van der Waals surface area contributed by atoms with Gasteiger partial charge in [-0.05, 0) is 46.1 Å². The van der Waals surface area contributed by atoms with Crippen molar-refractivity contribution in [3.63, 3.8) is 0 Å². The van der Waals surface area contributed by atoms with Crippen molar-refractivity contribution in [2.75, 3.05) is 6.61 Å². The fraction of sp³-hybridized carbons (Fsp3) is 0.792. The number of unbranched alkanes of at least 4 members (excludes halogenated alkanes) is 10. The lowest BCUT2D eigenvalue weighted by Gasteiger charge is -2.04. The molecular weight excluding hydrogens is 320 g/mol. The van der Waals surface area contributed by atoms with Crippen LogP contribution >= 0.6 is 0 Å². The first kappa shape index (κ1) is 24.9. The van der Waals surface area contributed by atoms with Crippen LogP contribution in [-0.4, -0.2) is 12.6 Å². The number of esters is 1. The molecule has 0 bridgehead atoms. The van der Waals surface area contributed by atoms with E-state index in [1.807, 2.05) is 6.08 Å². The topological polar surface area (TPSA) is 26.3 Å². The van der Waals surface area contributed by atoms with Crippen molar-refractivity contribution in [2.24, 2.45) is 0 Å². The van der Waals surface area contributed by atoms with E-state index in [4.69, 9.17) is 4.74 Å². The first-order chi connectivity index (χ1) is 12.6. The molecule has 0 rings (SSSR count). The first-order valence-electron chi connectivity index (χ1n) is 11.0. The molecule has 0 aromatic heterocycles. The highest BCUT2D eigenvalue weighted by Crippen LogP contribution is 2.12. The van der Waals surface area contributed by atoms with E-state index >= 15 is 0 Å². The van der Waals surface area contributed by atoms with E-state index in [2.05, 4.69) is 33.8 Å². The Morgan fingerprint density at radius 1 is 0.731 bits per heavy atom. The minimum atomic E-state index is -0.0470. The molecule has 0 aromatic rings. The van der Waals surface area contributed by atoms with Gasteiger partial charge in [0.05, 0.1) is 0 Å². The maximum absolute atomic E-state index is 11.7. The van der Waals surface area contributed by atoms with Crippen LogP contribution in [0.25, 0.3) is 0 Å². The highest BCUT2D eigenvalue weighted by atomic mass is 16.5. The van der Waals surface area contributed by atoms with Crippen molar-refractivity contribution in [3.8, 4) is 0 Å². The lowest BCUT2D eigenvalue weighted by molar-refractivity contribution is -0.142. The normalized spacial score (nSPS) is 11.5. The molecule has 0 N–H and O–H groups in total. The highest BCUT2D eigenvalue weighted by Gasteiger charge is 2.01. The van der Waals surface area contributed by atoms with Crippen LogP contribution in [0.5, 0.6) is 0 Å². The maximum atomic E-state index is 11.7. The Kier molecular flexibility index (Phi) is 18.0. The number of hydrogen-bond acceptors (Lipinski definition) is 2. The third kappa shape index (κ3) is 19.3. The predicted octanol–water partition coefficient (Wildman–Crippen LogP) is 7.92. The van der Waals surface area contributed by atoms with Gasteiger partial charge in [0.2, 0.25) is 0 Å². The average molecular weight is 365 g/mol. The summed E-state index contributed by atoms with van der Waals surface area (Å²) < 4.78 is 5.30. The van der Waals surface area contributed by atoms with E-state index in [1.54, 1.807) is 0 Å². The molecule has 0 spiro atoms. The van der Waals surface area contributed by atoms with Crippen LogP contribution in [0.2, 0.25) is 0 Å². The molecule has 0 aromatic carbocycles. The number of carbonyl (C=O) groups excluding carboxylic acids is 1. The van der Waals surface area contributed by atoms with Gasteiger partial charge in [-0.25, -0.2) is 0 Å². The van der Waals surface area contributed by atoms with Gasteiger partial charge in [0.25, 0.3) is 0 Å². The Balaban J connectivity index is 3.42. The lowest BCUT2D eigenvalue weighted by Crippen LogP contribution is -2.04. The van der Waals surface area contributed by atoms with E-state index in [9.17, 15) is 4.79 Å². The summed E-state index contributed by atoms with van der Waals surface area (Å²) in [6.07, 6.45) is 21.3. The van der Waals surface area contributed by atoms with Gasteiger partial charge in [-0.15, -0.1) is 0 Å². The number of ether oxygens (including phenoxy) is 1. The van der Waals surface area contributed by atoms with Gasteiger partial charge in [0.1, 0.15) is 6.61 Å². The third-order valence-electron chi connectivity index (χ3n) is 4.75. The SMILES string of the molecule is CCCCCCCCCCCCCC(=O)OC/C=C(/C)CCC=C(C)C. The summed E-state index contributed by atoms with van der Waals surface area (Å²) in [5, 5.41) is 0. The van der Waals surface area contributed by atoms with Gasteiger partial charge in [0, 0.05) is 6.42 Å². The fourth-order valence-electron chi connectivity index (χ4n) is 2.97. The van der Waals surface area contributed by atoms with Gasteiger partial charge >= 0.3 is 5.97 Å². The van der Waals surface area contributed by atoms with Crippen molar-refractivity contribution in [1.82, 2.24) is 0 Å². The van der Waals surface area contributed by atoms with Crippen LogP contribution in [0.1, 0.15) is 118 Å². The molecule has 2 heteroatoms. The Morgan fingerprint density at radius 3 is 1.81 bits per heavy atom. The molecule has 0 radical (unpaired) electrons. The highest BCUT2D eigenvalue weighted by molar-refractivity contribution is 5.69. The molecule has 0 saturated carbocycles. The van der Waals surface area contributed by atoms with Crippen molar-refractivity contribution < 1.29 is 9.53 Å². The Bertz CT molecular complexity index is 389. The molecule has 0 atom stereocenters. The fourth-order valence-corrected chi connectivity index (χ4v) is 2.97. The summed E-state index contributed by atoms with van der Waals surface area (Å²) in [6.45, 7) is 9.04. The number of hydrogen-bond donors (Lipinski definition) is 0. The van der Waals surface area contributed by atoms with Gasteiger partial charge in [-0.3, -0.25) is 4.79 Å². The summed E-state index contributed by atoms with van der Waals surface area (Å²) in [4.78, 5) is 11.7. The van der Waals surface area contributed by atoms with E-state index in [1.165, 1.54) is 68.9 Å². The summed E-state index contributed by atoms with van der Waals surface area (Å²) >= 11 is 0. The van der Waals surface area contributed by atoms with Gasteiger partial charge in [0.15, 0.2) is 0 Å².